The van der Waals surface area contributed by atoms with Gasteiger partial charge >= 0.3 is 5.97 Å². The number of esters is 1. The number of hydrogen-bond acceptors (Lipinski definition) is 6. The van der Waals surface area contributed by atoms with Crippen LogP contribution in [-0.2, 0) is 9.53 Å². The number of furan rings is 1. The molecule has 0 spiro atoms. The third-order valence-corrected chi connectivity index (χ3v) is 5.68. The van der Waals surface area contributed by atoms with Crippen LogP contribution >= 0.6 is 11.8 Å². The molecule has 1 aromatic heterocycles. The predicted molar refractivity (Wildman–Crippen MR) is 115 cm³/mol. The number of benzene rings is 1. The smallest absolute Gasteiger partial charge is 0.337 e. The quantitative estimate of drug-likeness (QED) is 0.477. The Labute approximate surface area is 175 Å². The molecular weight excluding hydrogens is 384 g/mol. The van der Waals surface area contributed by atoms with Gasteiger partial charge in [-0.05, 0) is 36.8 Å². The highest BCUT2D eigenvalue weighted by atomic mass is 32.2. The van der Waals surface area contributed by atoms with Crippen molar-refractivity contribution in [1.29, 1.82) is 5.26 Å². The van der Waals surface area contributed by atoms with Gasteiger partial charge in [-0.2, -0.15) is 5.26 Å². The van der Waals surface area contributed by atoms with Crippen molar-refractivity contribution in [1.82, 2.24) is 5.32 Å². The minimum absolute atomic E-state index is 0.249. The molecule has 1 N–H and O–H groups in total. The topological polar surface area (TPSA) is 75.3 Å². The van der Waals surface area contributed by atoms with E-state index in [-0.39, 0.29) is 6.61 Å². The van der Waals surface area contributed by atoms with Gasteiger partial charge in [0, 0.05) is 0 Å². The summed E-state index contributed by atoms with van der Waals surface area (Å²) in [7, 11) is 0. The van der Waals surface area contributed by atoms with E-state index in [1.54, 1.807) is 37.1 Å². The van der Waals surface area contributed by atoms with Gasteiger partial charge < -0.3 is 14.5 Å². The van der Waals surface area contributed by atoms with Crippen LogP contribution in [-0.4, -0.2) is 18.3 Å². The summed E-state index contributed by atoms with van der Waals surface area (Å²) in [4.78, 5) is 13.0. The number of carbonyl (C=O) groups excluding carboxylic acids is 1. The van der Waals surface area contributed by atoms with Gasteiger partial charge in [-0.1, -0.05) is 43.7 Å². The number of rotatable bonds is 8. The minimum atomic E-state index is -0.616. The van der Waals surface area contributed by atoms with Crippen molar-refractivity contribution in [3.05, 3.63) is 76.2 Å². The number of carbonyl (C=O) groups is 1. The van der Waals surface area contributed by atoms with Gasteiger partial charge in [0.2, 0.25) is 0 Å². The first kappa shape index (κ1) is 20.8. The van der Waals surface area contributed by atoms with Gasteiger partial charge in [0.15, 0.2) is 0 Å². The van der Waals surface area contributed by atoms with E-state index < -0.39 is 11.9 Å². The van der Waals surface area contributed by atoms with E-state index in [0.717, 1.165) is 29.2 Å². The van der Waals surface area contributed by atoms with Crippen molar-refractivity contribution in [3.63, 3.8) is 0 Å². The summed E-state index contributed by atoms with van der Waals surface area (Å²) in [6, 6.07) is 15.5. The van der Waals surface area contributed by atoms with E-state index in [1.807, 2.05) is 30.3 Å². The number of ether oxygens (including phenoxy) is 1. The summed E-state index contributed by atoms with van der Waals surface area (Å²) >= 11 is 1.60. The molecule has 0 fully saturated rings. The van der Waals surface area contributed by atoms with Crippen LogP contribution in [0.25, 0.3) is 5.70 Å². The van der Waals surface area contributed by atoms with Crippen molar-refractivity contribution in [3.8, 4) is 6.07 Å². The van der Waals surface area contributed by atoms with E-state index in [4.69, 9.17) is 9.15 Å². The Morgan fingerprint density at radius 2 is 2.03 bits per heavy atom. The predicted octanol–water partition coefficient (Wildman–Crippen LogP) is 5.21. The lowest BCUT2D eigenvalue weighted by Gasteiger charge is -2.29. The molecule has 3 rings (SSSR count). The number of allylic oxidation sites excluding steroid dienone is 1. The third-order valence-electron chi connectivity index (χ3n) is 4.58. The highest BCUT2D eigenvalue weighted by Gasteiger charge is 2.38. The molecule has 0 aliphatic carbocycles. The number of nitrogens with one attached hydrogen (secondary N) is 1. The molecule has 0 radical (unpaired) electrons. The average Bonchev–Trinajstić information content (AvgIpc) is 3.28. The second-order valence-electron chi connectivity index (χ2n) is 6.51. The number of hydrogen-bond donors (Lipinski definition) is 1. The van der Waals surface area contributed by atoms with Crippen molar-refractivity contribution >= 4 is 23.4 Å². The monoisotopic (exact) mass is 408 g/mol. The number of thioether (sulfide) groups is 1. The Bertz CT molecular complexity index is 940. The second kappa shape index (κ2) is 10.0. The van der Waals surface area contributed by atoms with Gasteiger partial charge in [0.05, 0.1) is 46.7 Å². The normalized spacial score (nSPS) is 16.4. The van der Waals surface area contributed by atoms with Crippen LogP contribution in [0.1, 0.15) is 43.9 Å². The molecule has 2 aromatic rings. The van der Waals surface area contributed by atoms with E-state index in [0.29, 0.717) is 22.6 Å². The second-order valence-corrected chi connectivity index (χ2v) is 7.61. The lowest BCUT2D eigenvalue weighted by atomic mass is 9.84. The molecule has 0 unspecified atom stereocenters. The molecule has 5 nitrogen and oxygen atoms in total. The van der Waals surface area contributed by atoms with Crippen LogP contribution in [0.3, 0.4) is 0 Å². The van der Waals surface area contributed by atoms with Gasteiger partial charge in [0.1, 0.15) is 5.76 Å². The minimum Gasteiger partial charge on any atom is -0.468 e. The molecule has 29 heavy (non-hydrogen) atoms. The molecule has 1 aliphatic heterocycles. The molecule has 1 atom stereocenters. The van der Waals surface area contributed by atoms with Gasteiger partial charge in [0.25, 0.3) is 0 Å². The molecule has 150 valence electrons. The van der Waals surface area contributed by atoms with E-state index in [2.05, 4.69) is 18.3 Å². The average molecular weight is 409 g/mol. The third kappa shape index (κ3) is 4.57. The van der Waals surface area contributed by atoms with Gasteiger partial charge in [-0.15, -0.1) is 11.8 Å². The molecular formula is C23H24N2O3S. The molecule has 6 heteroatoms. The number of nitrogens with zero attached hydrogens (tertiary/aromatic N) is 1. The lowest BCUT2D eigenvalue weighted by Crippen LogP contribution is -2.29. The maximum absolute atomic E-state index is 13.0. The molecule has 0 amide bonds. The Morgan fingerprint density at radius 3 is 2.66 bits per heavy atom. The first-order valence-corrected chi connectivity index (χ1v) is 10.7. The van der Waals surface area contributed by atoms with Crippen LogP contribution < -0.4 is 5.32 Å². The number of nitriles is 1. The molecule has 2 heterocycles. The summed E-state index contributed by atoms with van der Waals surface area (Å²) in [5.41, 5.74) is 2.38. The standard InChI is InChI=1S/C23H24N2O3S/c1-3-5-14-29-22-17(15-24)19(18-12-9-13-28-18)20(23(26)27-4-2)21(25-22)16-10-7-6-8-11-16/h6-13,19,25H,3-5,14H2,1-2H3/t19-/m1/s1. The summed E-state index contributed by atoms with van der Waals surface area (Å²) < 4.78 is 11.0. The van der Waals surface area contributed by atoms with Crippen molar-refractivity contribution in [2.75, 3.05) is 12.4 Å². The first-order chi connectivity index (χ1) is 14.2. The fourth-order valence-electron chi connectivity index (χ4n) is 3.22. The highest BCUT2D eigenvalue weighted by Crippen LogP contribution is 2.43. The lowest BCUT2D eigenvalue weighted by molar-refractivity contribution is -0.138. The number of unbranched alkanes of at least 4 members (excludes halogenated alkanes) is 1. The van der Waals surface area contributed by atoms with Crippen LogP contribution in [0.2, 0.25) is 0 Å². The maximum Gasteiger partial charge on any atom is 0.337 e. The first-order valence-electron chi connectivity index (χ1n) is 9.75. The SMILES string of the molecule is CCCCSC1=C(C#N)[C@H](c2ccco2)C(C(=O)OCC)=C(c2ccccc2)N1. The molecule has 0 bridgehead atoms. The van der Waals surface area contributed by atoms with Crippen LogP contribution in [0.15, 0.2) is 69.3 Å². The fourth-order valence-corrected chi connectivity index (χ4v) is 4.35. The molecule has 0 saturated heterocycles. The van der Waals surface area contributed by atoms with E-state index in [9.17, 15) is 10.1 Å². The van der Waals surface area contributed by atoms with Crippen molar-refractivity contribution in [2.24, 2.45) is 0 Å². The molecule has 1 aliphatic rings. The summed E-state index contributed by atoms with van der Waals surface area (Å²) in [5.74, 6) is 0.361. The zero-order valence-corrected chi connectivity index (χ0v) is 17.4. The van der Waals surface area contributed by atoms with Gasteiger partial charge in [-0.25, -0.2) is 4.79 Å². The zero-order chi connectivity index (χ0) is 20.6. The number of dihydropyridines is 1. The molecule has 1 aromatic carbocycles. The van der Waals surface area contributed by atoms with Crippen LogP contribution in [0.4, 0.5) is 0 Å². The Morgan fingerprint density at radius 1 is 1.24 bits per heavy atom. The zero-order valence-electron chi connectivity index (χ0n) is 16.6. The van der Waals surface area contributed by atoms with Gasteiger partial charge in [-0.3, -0.25) is 0 Å². The van der Waals surface area contributed by atoms with E-state index in [1.165, 1.54) is 0 Å². The highest BCUT2D eigenvalue weighted by molar-refractivity contribution is 8.03. The molecule has 0 saturated carbocycles. The summed E-state index contributed by atoms with van der Waals surface area (Å²) in [6.07, 6.45) is 3.66. The largest absolute Gasteiger partial charge is 0.468 e. The van der Waals surface area contributed by atoms with Crippen LogP contribution in [0.5, 0.6) is 0 Å². The fraction of sp³-hybridized carbons (Fsp3) is 0.304. The Kier molecular flexibility index (Phi) is 7.20. The summed E-state index contributed by atoms with van der Waals surface area (Å²) in [6.45, 7) is 4.15. The summed E-state index contributed by atoms with van der Waals surface area (Å²) in [5, 5.41) is 14.1. The maximum atomic E-state index is 13.0. The van der Waals surface area contributed by atoms with Crippen LogP contribution in [0, 0.1) is 11.3 Å². The Balaban J connectivity index is 2.18. The Hall–Kier alpha value is -2.91. The van der Waals surface area contributed by atoms with Crippen molar-refractivity contribution in [2.45, 2.75) is 32.6 Å². The van der Waals surface area contributed by atoms with Crippen molar-refractivity contribution < 1.29 is 13.9 Å². The van der Waals surface area contributed by atoms with E-state index >= 15 is 0 Å².